The van der Waals surface area contributed by atoms with E-state index in [4.69, 9.17) is 4.74 Å². The molecule has 0 spiro atoms. The summed E-state index contributed by atoms with van der Waals surface area (Å²) >= 11 is 0. The summed E-state index contributed by atoms with van der Waals surface area (Å²) < 4.78 is 5.17. The van der Waals surface area contributed by atoms with E-state index in [2.05, 4.69) is 15.0 Å². The van der Waals surface area contributed by atoms with Crippen LogP contribution in [0.4, 0.5) is 0 Å². The zero-order valence-electron chi connectivity index (χ0n) is 8.43. The smallest absolute Gasteiger partial charge is 0.192 e. The fourth-order valence-electron chi connectivity index (χ4n) is 1.39. The van der Waals surface area contributed by atoms with Crippen molar-refractivity contribution in [3.63, 3.8) is 0 Å². The largest absolute Gasteiger partial charge is 0.479 e. The second-order valence-electron chi connectivity index (χ2n) is 3.21. The van der Waals surface area contributed by atoms with E-state index in [9.17, 15) is 4.79 Å². The summed E-state index contributed by atoms with van der Waals surface area (Å²) in [6, 6.07) is 0. The molecule has 0 aliphatic carbocycles. The fourth-order valence-corrected chi connectivity index (χ4v) is 1.39. The summed E-state index contributed by atoms with van der Waals surface area (Å²) in [5.74, 6) is 0.409. The van der Waals surface area contributed by atoms with Crippen LogP contribution in [0.1, 0.15) is 22.6 Å². The number of aromatic nitrogens is 2. The summed E-state index contributed by atoms with van der Waals surface area (Å²) in [5, 5.41) is 0. The van der Waals surface area contributed by atoms with Gasteiger partial charge in [0.05, 0.1) is 18.7 Å². The van der Waals surface area contributed by atoms with Gasteiger partial charge in [-0.15, -0.1) is 0 Å². The zero-order chi connectivity index (χ0) is 10.7. The van der Waals surface area contributed by atoms with Crippen molar-refractivity contribution in [1.29, 1.82) is 0 Å². The Kier molecular flexibility index (Phi) is 2.71. The first-order valence-corrected chi connectivity index (χ1v) is 4.74. The maximum absolute atomic E-state index is 11.8. The van der Waals surface area contributed by atoms with Crippen molar-refractivity contribution in [3.8, 4) is 0 Å². The minimum atomic E-state index is -0.0961. The van der Waals surface area contributed by atoms with Gasteiger partial charge in [0.15, 0.2) is 11.7 Å². The Labute approximate surface area is 87.2 Å². The Morgan fingerprint density at radius 3 is 2.93 bits per heavy atom. The van der Waals surface area contributed by atoms with Crippen molar-refractivity contribution >= 4 is 11.7 Å². The molecule has 0 saturated carbocycles. The van der Waals surface area contributed by atoms with E-state index in [0.29, 0.717) is 30.4 Å². The Hall–Kier alpha value is -1.78. The van der Waals surface area contributed by atoms with Crippen LogP contribution in [0.2, 0.25) is 0 Å². The summed E-state index contributed by atoms with van der Waals surface area (Å²) in [6.45, 7) is 2.97. The van der Waals surface area contributed by atoms with Crippen LogP contribution in [0.25, 0.3) is 0 Å². The second-order valence-corrected chi connectivity index (χ2v) is 3.21. The highest BCUT2D eigenvalue weighted by Gasteiger charge is 2.17. The average Bonchev–Trinajstić information content (AvgIpc) is 2.71. The Bertz CT molecular complexity index is 415. The molecule has 0 bridgehead atoms. The lowest BCUT2D eigenvalue weighted by molar-refractivity contribution is 0.0989. The number of carbonyl (C=O) groups excluding carboxylic acids is 1. The van der Waals surface area contributed by atoms with Crippen molar-refractivity contribution < 1.29 is 9.53 Å². The van der Waals surface area contributed by atoms with E-state index in [-0.39, 0.29) is 12.2 Å². The number of rotatable bonds is 3. The third kappa shape index (κ3) is 2.18. The molecule has 0 N–H and O–H groups in total. The number of aliphatic imine (C=N–C) groups is 1. The SMILES string of the molecule is Cc1nccnc1C(=O)CC1=NCCO1. The van der Waals surface area contributed by atoms with Gasteiger partial charge in [-0.2, -0.15) is 0 Å². The highest BCUT2D eigenvalue weighted by atomic mass is 16.5. The van der Waals surface area contributed by atoms with Gasteiger partial charge in [-0.05, 0) is 6.92 Å². The molecule has 2 heterocycles. The molecule has 1 aliphatic rings. The lowest BCUT2D eigenvalue weighted by Gasteiger charge is -2.02. The highest BCUT2D eigenvalue weighted by Crippen LogP contribution is 2.07. The summed E-state index contributed by atoms with van der Waals surface area (Å²) in [6.07, 6.45) is 3.26. The molecule has 78 valence electrons. The lowest BCUT2D eigenvalue weighted by Crippen LogP contribution is -2.12. The molecule has 1 aromatic heterocycles. The molecule has 15 heavy (non-hydrogen) atoms. The number of ketones is 1. The van der Waals surface area contributed by atoms with Gasteiger partial charge in [0.1, 0.15) is 12.3 Å². The number of ether oxygens (including phenoxy) is 1. The number of hydrogen-bond acceptors (Lipinski definition) is 5. The Morgan fingerprint density at radius 2 is 2.27 bits per heavy atom. The molecule has 1 aliphatic heterocycles. The van der Waals surface area contributed by atoms with Crippen LogP contribution in [0.3, 0.4) is 0 Å². The summed E-state index contributed by atoms with van der Waals surface area (Å²) in [7, 11) is 0. The van der Waals surface area contributed by atoms with Crippen molar-refractivity contribution in [3.05, 3.63) is 23.8 Å². The molecule has 0 atom stereocenters. The molecule has 0 unspecified atom stereocenters. The molecule has 0 aromatic carbocycles. The molecule has 5 nitrogen and oxygen atoms in total. The van der Waals surface area contributed by atoms with Gasteiger partial charge in [0.2, 0.25) is 0 Å². The number of nitrogens with zero attached hydrogens (tertiary/aromatic N) is 3. The zero-order valence-corrected chi connectivity index (χ0v) is 8.43. The number of carbonyl (C=O) groups is 1. The minimum Gasteiger partial charge on any atom is -0.479 e. The van der Waals surface area contributed by atoms with E-state index in [1.807, 2.05) is 0 Å². The first-order valence-electron chi connectivity index (χ1n) is 4.74. The number of aryl methyl sites for hydroxylation is 1. The Balaban J connectivity index is 2.11. The van der Waals surface area contributed by atoms with Gasteiger partial charge in [0.25, 0.3) is 0 Å². The molecule has 0 radical (unpaired) electrons. The third-order valence-corrected chi connectivity index (χ3v) is 2.11. The quantitative estimate of drug-likeness (QED) is 0.684. The molecular weight excluding hydrogens is 194 g/mol. The standard InChI is InChI=1S/C10H11N3O2/c1-7-10(13-3-2-11-7)8(14)6-9-12-4-5-15-9/h2-3H,4-6H2,1H3. The normalized spacial score (nSPS) is 14.6. The second kappa shape index (κ2) is 4.16. The van der Waals surface area contributed by atoms with Gasteiger partial charge in [-0.1, -0.05) is 0 Å². The summed E-state index contributed by atoms with van der Waals surface area (Å²) in [4.78, 5) is 23.8. The van der Waals surface area contributed by atoms with Crippen LogP contribution in [-0.2, 0) is 4.74 Å². The van der Waals surface area contributed by atoms with Crippen LogP contribution in [0.15, 0.2) is 17.4 Å². The van der Waals surface area contributed by atoms with E-state index in [1.54, 1.807) is 13.1 Å². The molecule has 1 aromatic rings. The fraction of sp³-hybridized carbons (Fsp3) is 0.400. The predicted octanol–water partition coefficient (Wildman–Crippen LogP) is 0.787. The first kappa shape index (κ1) is 9.76. The maximum atomic E-state index is 11.8. The predicted molar refractivity (Wildman–Crippen MR) is 54.0 cm³/mol. The van der Waals surface area contributed by atoms with Crippen LogP contribution in [-0.4, -0.2) is 34.8 Å². The maximum Gasteiger partial charge on any atom is 0.192 e. The Morgan fingerprint density at radius 1 is 1.47 bits per heavy atom. The highest BCUT2D eigenvalue weighted by molar-refractivity contribution is 6.07. The van der Waals surface area contributed by atoms with Crippen LogP contribution in [0.5, 0.6) is 0 Å². The van der Waals surface area contributed by atoms with Gasteiger partial charge < -0.3 is 4.74 Å². The molecule has 0 fully saturated rings. The van der Waals surface area contributed by atoms with Crippen molar-refractivity contribution in [2.24, 2.45) is 4.99 Å². The average molecular weight is 205 g/mol. The van der Waals surface area contributed by atoms with Gasteiger partial charge in [-0.3, -0.25) is 14.8 Å². The number of Topliss-reactive ketones (excluding diaryl/α,β-unsaturated/α-hetero) is 1. The van der Waals surface area contributed by atoms with Crippen molar-refractivity contribution in [1.82, 2.24) is 9.97 Å². The first-order chi connectivity index (χ1) is 7.27. The van der Waals surface area contributed by atoms with E-state index in [1.165, 1.54) is 6.20 Å². The van der Waals surface area contributed by atoms with E-state index < -0.39 is 0 Å². The van der Waals surface area contributed by atoms with Crippen molar-refractivity contribution in [2.75, 3.05) is 13.2 Å². The topological polar surface area (TPSA) is 64.4 Å². The minimum absolute atomic E-state index is 0.0961. The van der Waals surface area contributed by atoms with E-state index >= 15 is 0 Å². The molecular formula is C10H11N3O2. The third-order valence-electron chi connectivity index (χ3n) is 2.11. The monoisotopic (exact) mass is 205 g/mol. The molecule has 0 amide bonds. The molecule has 0 saturated heterocycles. The van der Waals surface area contributed by atoms with Gasteiger partial charge in [0, 0.05) is 12.4 Å². The lowest BCUT2D eigenvalue weighted by atomic mass is 10.2. The number of hydrogen-bond donors (Lipinski definition) is 0. The summed E-state index contributed by atoms with van der Waals surface area (Å²) in [5.41, 5.74) is 1.04. The van der Waals surface area contributed by atoms with Crippen LogP contribution >= 0.6 is 0 Å². The van der Waals surface area contributed by atoms with Crippen LogP contribution < -0.4 is 0 Å². The van der Waals surface area contributed by atoms with E-state index in [0.717, 1.165) is 0 Å². The van der Waals surface area contributed by atoms with Gasteiger partial charge in [-0.25, -0.2) is 4.98 Å². The molecule has 2 rings (SSSR count). The van der Waals surface area contributed by atoms with Gasteiger partial charge >= 0.3 is 0 Å². The van der Waals surface area contributed by atoms with Crippen LogP contribution in [0, 0.1) is 6.92 Å². The molecule has 5 heteroatoms. The van der Waals surface area contributed by atoms with Crippen molar-refractivity contribution in [2.45, 2.75) is 13.3 Å².